The van der Waals surface area contributed by atoms with Gasteiger partial charge in [-0.1, -0.05) is 92.5 Å². The number of hydrogen-bond acceptors (Lipinski definition) is 5. The molecule has 2 heterocycles. The van der Waals surface area contributed by atoms with Gasteiger partial charge in [0.15, 0.2) is 0 Å². The number of nitrogens with zero attached hydrogens (tertiary/aromatic N) is 3. The van der Waals surface area contributed by atoms with Gasteiger partial charge in [0.25, 0.3) is 11.1 Å². The molecule has 7 nitrogen and oxygen atoms in total. The Labute approximate surface area is 313 Å². The zero-order chi connectivity index (χ0) is 35.1. The van der Waals surface area contributed by atoms with Gasteiger partial charge in [-0.3, -0.25) is 9.59 Å². The van der Waals surface area contributed by atoms with E-state index in [1.807, 2.05) is 83.5 Å². The van der Waals surface area contributed by atoms with Gasteiger partial charge in [0, 0.05) is 30.8 Å². The van der Waals surface area contributed by atoms with E-state index in [0.29, 0.717) is 29.1 Å². The molecule has 10 rings (SSSR count). The average Bonchev–Trinajstić information content (AvgIpc) is 3.94. The van der Waals surface area contributed by atoms with Gasteiger partial charge in [-0.2, -0.15) is 10.2 Å². The first kappa shape index (κ1) is 34.2. The molecule has 6 aromatic rings. The zero-order valence-electron chi connectivity index (χ0n) is 28.2. The number of hydrogen-bond donors (Lipinski definition) is 2. The van der Waals surface area contributed by atoms with Crippen molar-refractivity contribution in [3.63, 3.8) is 0 Å². The number of aromatic amines is 1. The van der Waals surface area contributed by atoms with E-state index in [-0.39, 0.29) is 23.3 Å². The van der Waals surface area contributed by atoms with Crippen molar-refractivity contribution in [2.75, 3.05) is 0 Å². The summed E-state index contributed by atoms with van der Waals surface area (Å²) in [6.45, 7) is 0. The second-order valence-corrected chi connectivity index (χ2v) is 16.3. The van der Waals surface area contributed by atoms with Crippen LogP contribution in [0.15, 0.2) is 116 Å². The molecule has 0 unspecified atom stereocenters. The maximum Gasteiger partial charge on any atom is 0.274 e. The fraction of sp³-hybridized carbons (Fsp3) is 0.333. The van der Waals surface area contributed by atoms with Crippen LogP contribution in [0.5, 0.6) is 0 Å². The van der Waals surface area contributed by atoms with E-state index in [9.17, 15) is 14.7 Å². The maximum atomic E-state index is 13.2. The Balaban J connectivity index is 0.000000124. The lowest BCUT2D eigenvalue weighted by Gasteiger charge is -2.20. The number of nitrogens with one attached hydrogen (secondary N) is 1. The van der Waals surface area contributed by atoms with Gasteiger partial charge in [-0.15, -0.1) is 0 Å². The Bertz CT molecular complexity index is 2260. The van der Waals surface area contributed by atoms with Crippen molar-refractivity contribution in [3.8, 4) is 22.5 Å². The van der Waals surface area contributed by atoms with E-state index in [0.717, 1.165) is 47.6 Å². The molecule has 51 heavy (non-hydrogen) atoms. The second-order valence-electron chi connectivity index (χ2n) is 14.4. The molecule has 9 heteroatoms. The van der Waals surface area contributed by atoms with E-state index in [1.54, 1.807) is 6.07 Å². The topological polar surface area (TPSA) is 101 Å². The average molecular weight is 809 g/mol. The highest BCUT2D eigenvalue weighted by Gasteiger charge is 2.44. The normalized spacial score (nSPS) is 16.9. The fourth-order valence-corrected chi connectivity index (χ4v) is 7.62. The first-order valence-electron chi connectivity index (χ1n) is 18.0. The van der Waals surface area contributed by atoms with Gasteiger partial charge in [0.1, 0.15) is 0 Å². The summed E-state index contributed by atoms with van der Waals surface area (Å²) >= 11 is 6.90. The second kappa shape index (κ2) is 14.6. The fourth-order valence-electron chi connectivity index (χ4n) is 7.09. The van der Waals surface area contributed by atoms with Crippen LogP contribution in [0.3, 0.4) is 0 Å². The van der Waals surface area contributed by atoms with Crippen LogP contribution < -0.4 is 11.1 Å². The summed E-state index contributed by atoms with van der Waals surface area (Å²) < 4.78 is 3.89. The molecule has 4 aromatic carbocycles. The van der Waals surface area contributed by atoms with Crippen LogP contribution in [-0.4, -0.2) is 31.2 Å². The third kappa shape index (κ3) is 7.81. The number of H-pyrrole nitrogens is 1. The number of rotatable bonds is 7. The summed E-state index contributed by atoms with van der Waals surface area (Å²) in [6, 6.07) is 31.7. The van der Waals surface area contributed by atoms with E-state index < -0.39 is 0 Å². The number of halogens is 2. The number of aliphatic hydroxyl groups is 1. The predicted molar refractivity (Wildman–Crippen MR) is 211 cm³/mol. The Kier molecular flexibility index (Phi) is 9.79. The molecule has 2 N–H and O–H groups in total. The standard InChI is InChI=1S/C21H19BrN2O.C14H9BrN2O.C7H12O/c22-16-11-9-13(10-12-16)19-17-3-1-2-4-18(17)21(25)24(23-19)20(14-5-6-14)15-7-8-15;15-10-7-5-9(6-8-10)13-11-3-1-2-4-12(11)14(18)17-16-13;8-7(5-1-2-5)6-3-4-6/h1-4,9-12,14-15,20H,5-8H2;1-8H,(H,17,18);5-8H,1-4H2. The summed E-state index contributed by atoms with van der Waals surface area (Å²) in [6.07, 6.45) is 10.2. The lowest BCUT2D eigenvalue weighted by Crippen LogP contribution is -2.30. The molecule has 4 aliphatic carbocycles. The summed E-state index contributed by atoms with van der Waals surface area (Å²) in [7, 11) is 0. The first-order valence-corrected chi connectivity index (χ1v) is 19.6. The smallest absolute Gasteiger partial charge is 0.274 e. The highest BCUT2D eigenvalue weighted by Crippen LogP contribution is 2.51. The van der Waals surface area contributed by atoms with Crippen molar-refractivity contribution in [2.24, 2.45) is 23.7 Å². The van der Waals surface area contributed by atoms with Crippen LogP contribution in [0, 0.1) is 23.7 Å². The van der Waals surface area contributed by atoms with Gasteiger partial charge in [-0.05, 0) is 111 Å². The summed E-state index contributed by atoms with van der Waals surface area (Å²) in [5.41, 5.74) is 3.64. The maximum absolute atomic E-state index is 13.2. The van der Waals surface area contributed by atoms with Crippen molar-refractivity contribution >= 4 is 53.4 Å². The minimum atomic E-state index is -0.161. The van der Waals surface area contributed by atoms with Crippen molar-refractivity contribution in [2.45, 2.75) is 63.5 Å². The van der Waals surface area contributed by atoms with Crippen LogP contribution in [0.4, 0.5) is 0 Å². The van der Waals surface area contributed by atoms with E-state index >= 15 is 0 Å². The highest BCUT2D eigenvalue weighted by atomic mass is 79.9. The van der Waals surface area contributed by atoms with Crippen LogP contribution >= 0.6 is 31.9 Å². The van der Waals surface area contributed by atoms with Gasteiger partial charge < -0.3 is 5.11 Å². The number of benzene rings is 4. The van der Waals surface area contributed by atoms with Gasteiger partial charge in [0.05, 0.1) is 34.3 Å². The molecule has 0 atom stereocenters. The van der Waals surface area contributed by atoms with Crippen molar-refractivity contribution < 1.29 is 5.11 Å². The molecular weight excluding hydrogens is 768 g/mol. The van der Waals surface area contributed by atoms with Crippen LogP contribution in [-0.2, 0) is 0 Å². The molecule has 4 fully saturated rings. The Morgan fingerprint density at radius 1 is 0.588 bits per heavy atom. The third-order valence-corrected chi connectivity index (χ3v) is 11.5. The molecule has 0 amide bonds. The van der Waals surface area contributed by atoms with Crippen LogP contribution in [0.2, 0.25) is 0 Å². The minimum absolute atomic E-state index is 0.0697. The Morgan fingerprint density at radius 2 is 1.02 bits per heavy atom. The Morgan fingerprint density at radius 3 is 1.51 bits per heavy atom. The SMILES string of the molecule is O=c1[nH]nc(-c2ccc(Br)cc2)c2ccccc12.O=c1c2ccccc2c(-c2ccc(Br)cc2)nn1C(C1CC1)C1CC1.OC(C1CC1)C1CC1. The van der Waals surface area contributed by atoms with Crippen molar-refractivity contribution in [3.05, 3.63) is 127 Å². The molecule has 0 bridgehead atoms. The summed E-state index contributed by atoms with van der Waals surface area (Å²) in [5, 5.41) is 24.2. The van der Waals surface area contributed by atoms with Crippen molar-refractivity contribution in [1.82, 2.24) is 20.0 Å². The molecule has 0 aliphatic heterocycles. The molecular formula is C42H40Br2N4O3. The zero-order valence-corrected chi connectivity index (χ0v) is 31.4. The van der Waals surface area contributed by atoms with E-state index in [2.05, 4.69) is 54.2 Å². The molecule has 4 saturated carbocycles. The molecule has 0 radical (unpaired) electrons. The first-order chi connectivity index (χ1) is 24.9. The minimum Gasteiger partial charge on any atom is -0.393 e. The van der Waals surface area contributed by atoms with E-state index in [1.165, 1.54) is 51.4 Å². The molecule has 4 aliphatic rings. The number of fused-ring (bicyclic) bond motifs is 2. The van der Waals surface area contributed by atoms with Gasteiger partial charge >= 0.3 is 0 Å². The van der Waals surface area contributed by atoms with Gasteiger partial charge in [0.2, 0.25) is 0 Å². The highest BCUT2D eigenvalue weighted by molar-refractivity contribution is 9.10. The molecule has 2 aromatic heterocycles. The molecule has 0 spiro atoms. The lowest BCUT2D eigenvalue weighted by atomic mass is 10.0. The predicted octanol–water partition coefficient (Wildman–Crippen LogP) is 9.71. The van der Waals surface area contributed by atoms with E-state index in [4.69, 9.17) is 5.10 Å². The lowest BCUT2D eigenvalue weighted by molar-refractivity contribution is 0.128. The van der Waals surface area contributed by atoms with Crippen LogP contribution in [0.25, 0.3) is 44.1 Å². The largest absolute Gasteiger partial charge is 0.393 e. The van der Waals surface area contributed by atoms with Crippen LogP contribution in [0.1, 0.15) is 57.4 Å². The van der Waals surface area contributed by atoms with Gasteiger partial charge in [-0.25, -0.2) is 9.78 Å². The Hall–Kier alpha value is -3.92. The third-order valence-electron chi connectivity index (χ3n) is 10.5. The molecule has 260 valence electrons. The number of aromatic nitrogens is 4. The quantitative estimate of drug-likeness (QED) is 0.167. The number of aliphatic hydroxyl groups excluding tert-OH is 1. The molecule has 0 saturated heterocycles. The van der Waals surface area contributed by atoms with Crippen molar-refractivity contribution in [1.29, 1.82) is 0 Å². The monoisotopic (exact) mass is 806 g/mol. The summed E-state index contributed by atoms with van der Waals surface area (Å²) in [4.78, 5) is 24.9. The summed E-state index contributed by atoms with van der Waals surface area (Å²) in [5.74, 6) is 2.69.